The van der Waals surface area contributed by atoms with E-state index in [-0.39, 0.29) is 22.6 Å². The van der Waals surface area contributed by atoms with Crippen molar-refractivity contribution in [3.05, 3.63) is 35.9 Å². The van der Waals surface area contributed by atoms with Crippen LogP contribution in [-0.4, -0.2) is 48.0 Å². The number of thioether (sulfide) groups is 1. The van der Waals surface area contributed by atoms with E-state index in [4.69, 9.17) is 0 Å². The third kappa shape index (κ3) is 10.1. The van der Waals surface area contributed by atoms with Gasteiger partial charge in [0.05, 0.1) is 6.04 Å². The maximum Gasteiger partial charge on any atom is 0.242 e. The van der Waals surface area contributed by atoms with Gasteiger partial charge in [-0.15, -0.1) is 0 Å². The van der Waals surface area contributed by atoms with Gasteiger partial charge in [-0.3, -0.25) is 9.59 Å². The van der Waals surface area contributed by atoms with E-state index in [1.807, 2.05) is 42.1 Å². The first-order valence-electron chi connectivity index (χ1n) is 10.1. The summed E-state index contributed by atoms with van der Waals surface area (Å²) in [5, 5.41) is 9.01. The minimum atomic E-state index is -0.583. The van der Waals surface area contributed by atoms with Gasteiger partial charge < -0.3 is 16.0 Å². The number of benzene rings is 1. The average Bonchev–Trinajstić information content (AvgIpc) is 2.62. The molecule has 0 saturated heterocycles. The van der Waals surface area contributed by atoms with Crippen molar-refractivity contribution in [2.75, 3.05) is 19.3 Å². The molecule has 0 unspecified atom stereocenters. The van der Waals surface area contributed by atoms with E-state index >= 15 is 0 Å². The van der Waals surface area contributed by atoms with Crippen molar-refractivity contribution in [3.8, 4) is 0 Å². The van der Waals surface area contributed by atoms with E-state index in [0.717, 1.165) is 24.3 Å². The lowest BCUT2D eigenvalue weighted by Gasteiger charge is -2.25. The second-order valence-electron chi connectivity index (χ2n) is 8.46. The summed E-state index contributed by atoms with van der Waals surface area (Å²) in [7, 11) is 1.60. The Balaban J connectivity index is 2.73. The minimum absolute atomic E-state index is 0.112. The third-order valence-corrected chi connectivity index (χ3v) is 5.49. The molecule has 5 nitrogen and oxygen atoms in total. The lowest BCUT2D eigenvalue weighted by molar-refractivity contribution is -0.130. The van der Waals surface area contributed by atoms with Gasteiger partial charge in [0.15, 0.2) is 0 Å². The first kappa shape index (κ1) is 24.5. The predicted molar refractivity (Wildman–Crippen MR) is 120 cm³/mol. The molecule has 0 aliphatic heterocycles. The standard InChI is InChI=1S/C22H37N3O2S/c1-16(2)14-18(24-12-13-28-22(3,4)5)21(27)25-19(20(26)23-6)15-17-10-8-7-9-11-17/h7-11,16,18-19,24H,12-15H2,1-6H3,(H,23,26)(H,25,27)/t18-,19-/m0/s1. The summed E-state index contributed by atoms with van der Waals surface area (Å²) in [5.41, 5.74) is 1.02. The van der Waals surface area contributed by atoms with Crippen LogP contribution in [0.1, 0.15) is 46.6 Å². The zero-order chi connectivity index (χ0) is 21.2. The molecule has 0 bridgehead atoms. The van der Waals surface area contributed by atoms with Gasteiger partial charge in [0.1, 0.15) is 6.04 Å². The van der Waals surface area contributed by atoms with Crippen LogP contribution in [0.4, 0.5) is 0 Å². The van der Waals surface area contributed by atoms with Crippen LogP contribution in [0.25, 0.3) is 0 Å². The fraction of sp³-hybridized carbons (Fsp3) is 0.636. The fourth-order valence-corrected chi connectivity index (χ4v) is 3.68. The van der Waals surface area contributed by atoms with E-state index in [9.17, 15) is 9.59 Å². The van der Waals surface area contributed by atoms with Gasteiger partial charge in [0.25, 0.3) is 0 Å². The van der Waals surface area contributed by atoms with Gasteiger partial charge >= 0.3 is 0 Å². The zero-order valence-electron chi connectivity index (χ0n) is 18.2. The molecule has 0 spiro atoms. The summed E-state index contributed by atoms with van der Waals surface area (Å²) in [4.78, 5) is 25.2. The molecule has 0 saturated carbocycles. The predicted octanol–water partition coefficient (Wildman–Crippen LogP) is 3.00. The number of amides is 2. The SMILES string of the molecule is CNC(=O)[C@H](Cc1ccccc1)NC(=O)[C@H](CC(C)C)NCCSC(C)(C)C. The molecule has 158 valence electrons. The van der Waals surface area contributed by atoms with Crippen molar-refractivity contribution in [1.82, 2.24) is 16.0 Å². The molecule has 2 atom stereocenters. The summed E-state index contributed by atoms with van der Waals surface area (Å²) in [6, 6.07) is 8.87. The molecule has 28 heavy (non-hydrogen) atoms. The largest absolute Gasteiger partial charge is 0.357 e. The minimum Gasteiger partial charge on any atom is -0.357 e. The highest BCUT2D eigenvalue weighted by Crippen LogP contribution is 2.22. The van der Waals surface area contributed by atoms with Crippen LogP contribution in [0.3, 0.4) is 0 Å². The Kier molecular flexibility index (Phi) is 10.6. The molecular formula is C22H37N3O2S. The van der Waals surface area contributed by atoms with E-state index in [0.29, 0.717) is 12.3 Å². The highest BCUT2D eigenvalue weighted by Gasteiger charge is 2.25. The average molecular weight is 408 g/mol. The molecule has 0 aliphatic carbocycles. The molecule has 6 heteroatoms. The van der Waals surface area contributed by atoms with Crippen LogP contribution >= 0.6 is 11.8 Å². The van der Waals surface area contributed by atoms with Crippen molar-refractivity contribution >= 4 is 23.6 Å². The normalized spacial score (nSPS) is 13.8. The Morgan fingerprint density at radius 1 is 1.04 bits per heavy atom. The molecule has 3 N–H and O–H groups in total. The lowest BCUT2D eigenvalue weighted by atomic mass is 10.0. The van der Waals surface area contributed by atoms with Crippen LogP contribution < -0.4 is 16.0 Å². The van der Waals surface area contributed by atoms with Gasteiger partial charge in [0.2, 0.25) is 11.8 Å². The molecule has 1 rings (SSSR count). The Morgan fingerprint density at radius 3 is 2.21 bits per heavy atom. The lowest BCUT2D eigenvalue weighted by Crippen LogP contribution is -2.53. The maximum absolute atomic E-state index is 12.9. The van der Waals surface area contributed by atoms with Crippen LogP contribution in [0, 0.1) is 5.92 Å². The quantitative estimate of drug-likeness (QED) is 0.493. The fourth-order valence-electron chi connectivity index (χ4n) is 2.85. The molecular weight excluding hydrogens is 370 g/mol. The topological polar surface area (TPSA) is 70.2 Å². The zero-order valence-corrected chi connectivity index (χ0v) is 19.0. The Hall–Kier alpha value is -1.53. The molecule has 0 aromatic heterocycles. The monoisotopic (exact) mass is 407 g/mol. The Bertz CT molecular complexity index is 600. The highest BCUT2D eigenvalue weighted by atomic mass is 32.2. The van der Waals surface area contributed by atoms with Crippen LogP contribution in [0.5, 0.6) is 0 Å². The number of nitrogens with one attached hydrogen (secondary N) is 3. The molecule has 0 aliphatic rings. The maximum atomic E-state index is 12.9. The highest BCUT2D eigenvalue weighted by molar-refractivity contribution is 8.00. The number of hydrogen-bond donors (Lipinski definition) is 3. The van der Waals surface area contributed by atoms with Crippen molar-refractivity contribution < 1.29 is 9.59 Å². The first-order valence-corrected chi connectivity index (χ1v) is 11.0. The molecule has 1 aromatic carbocycles. The third-order valence-electron chi connectivity index (χ3n) is 4.21. The smallest absolute Gasteiger partial charge is 0.242 e. The van der Waals surface area contributed by atoms with E-state index < -0.39 is 6.04 Å². The van der Waals surface area contributed by atoms with Crippen LogP contribution in [-0.2, 0) is 16.0 Å². The number of likely N-dealkylation sites (N-methyl/N-ethyl adjacent to an activating group) is 1. The summed E-state index contributed by atoms with van der Waals surface area (Å²) < 4.78 is 0.206. The van der Waals surface area contributed by atoms with Gasteiger partial charge in [-0.2, -0.15) is 11.8 Å². The van der Waals surface area contributed by atoms with Crippen LogP contribution in [0.2, 0.25) is 0 Å². The van der Waals surface area contributed by atoms with E-state index in [1.165, 1.54) is 0 Å². The summed E-state index contributed by atoms with van der Waals surface area (Å²) in [6.07, 6.45) is 1.21. The molecule has 0 fully saturated rings. The van der Waals surface area contributed by atoms with Crippen molar-refractivity contribution in [3.63, 3.8) is 0 Å². The summed E-state index contributed by atoms with van der Waals surface area (Å²) in [6.45, 7) is 11.5. The Morgan fingerprint density at radius 2 is 1.68 bits per heavy atom. The number of hydrogen-bond acceptors (Lipinski definition) is 4. The van der Waals surface area contributed by atoms with Crippen molar-refractivity contribution in [1.29, 1.82) is 0 Å². The first-order chi connectivity index (χ1) is 13.1. The molecule has 0 heterocycles. The van der Waals surface area contributed by atoms with Gasteiger partial charge in [-0.1, -0.05) is 65.0 Å². The molecule has 2 amide bonds. The van der Waals surface area contributed by atoms with Gasteiger partial charge in [-0.25, -0.2) is 0 Å². The van der Waals surface area contributed by atoms with E-state index in [2.05, 4.69) is 50.6 Å². The van der Waals surface area contributed by atoms with Crippen LogP contribution in [0.15, 0.2) is 30.3 Å². The molecule has 1 aromatic rings. The van der Waals surface area contributed by atoms with E-state index in [1.54, 1.807) is 7.05 Å². The number of carbonyl (C=O) groups excluding carboxylic acids is 2. The van der Waals surface area contributed by atoms with Gasteiger partial charge in [-0.05, 0) is 17.9 Å². The summed E-state index contributed by atoms with van der Waals surface area (Å²) >= 11 is 1.87. The second-order valence-corrected chi connectivity index (χ2v) is 10.4. The van der Waals surface area contributed by atoms with Crippen molar-refractivity contribution in [2.45, 2.75) is 64.3 Å². The number of rotatable bonds is 11. The number of carbonyl (C=O) groups is 2. The Labute approximate surface area is 174 Å². The summed E-state index contributed by atoms with van der Waals surface area (Å²) in [5.74, 6) is 1.03. The van der Waals surface area contributed by atoms with Gasteiger partial charge in [0, 0.05) is 30.5 Å². The second kappa shape index (κ2) is 12.1. The van der Waals surface area contributed by atoms with Crippen molar-refractivity contribution in [2.24, 2.45) is 5.92 Å². The molecule has 0 radical (unpaired) electrons.